The quantitative estimate of drug-likeness (QED) is 0.743. The molecule has 0 aliphatic carbocycles. The lowest BCUT2D eigenvalue weighted by molar-refractivity contribution is -0.0498. The topological polar surface area (TPSA) is 26.3 Å². The molecule has 5 heteroatoms. The van der Waals surface area contributed by atoms with Crippen LogP contribution in [0.1, 0.15) is 22.3 Å². The fourth-order valence-corrected chi connectivity index (χ4v) is 2.39. The number of halogens is 2. The van der Waals surface area contributed by atoms with Crippen LogP contribution in [0.25, 0.3) is 0 Å². The minimum Gasteiger partial charge on any atom is -0.435 e. The number of carbonyl (C=O) groups excluding carboxylic acids is 1. The average Bonchev–Trinajstić information content (AvgIpc) is 2.88. The first kappa shape index (κ1) is 13.7. The van der Waals surface area contributed by atoms with Crippen molar-refractivity contribution >= 4 is 17.1 Å². The lowest BCUT2D eigenvalue weighted by Gasteiger charge is -2.06. The van der Waals surface area contributed by atoms with Gasteiger partial charge in [0, 0.05) is 12.0 Å². The molecule has 0 aliphatic rings. The van der Waals surface area contributed by atoms with Gasteiger partial charge in [0.15, 0.2) is 5.78 Å². The third-order valence-electron chi connectivity index (χ3n) is 2.60. The summed E-state index contributed by atoms with van der Waals surface area (Å²) in [7, 11) is 0. The molecule has 0 N–H and O–H groups in total. The van der Waals surface area contributed by atoms with Crippen LogP contribution in [-0.2, 0) is 6.42 Å². The Balaban J connectivity index is 1.98. The maximum Gasteiger partial charge on any atom is 0.387 e. The van der Waals surface area contributed by atoms with Crippen LogP contribution in [0.5, 0.6) is 5.75 Å². The standard InChI is InChI=1S/C14H12F2O2S/c15-14(16)18-12-3-1-2-11(8-12)13(17)5-4-10-6-7-19-9-10/h1-3,6-9,14H,4-5H2. The van der Waals surface area contributed by atoms with E-state index in [2.05, 4.69) is 4.74 Å². The van der Waals surface area contributed by atoms with Crippen LogP contribution in [0.4, 0.5) is 8.78 Å². The van der Waals surface area contributed by atoms with Crippen LogP contribution in [0, 0.1) is 0 Å². The van der Waals surface area contributed by atoms with E-state index in [0.29, 0.717) is 18.4 Å². The highest BCUT2D eigenvalue weighted by Gasteiger charge is 2.09. The van der Waals surface area contributed by atoms with Gasteiger partial charge in [-0.15, -0.1) is 0 Å². The van der Waals surface area contributed by atoms with Gasteiger partial charge < -0.3 is 4.74 Å². The van der Waals surface area contributed by atoms with Gasteiger partial charge in [0.1, 0.15) is 5.75 Å². The Morgan fingerprint density at radius 1 is 1.32 bits per heavy atom. The van der Waals surface area contributed by atoms with Crippen LogP contribution in [0.15, 0.2) is 41.1 Å². The summed E-state index contributed by atoms with van der Waals surface area (Å²) in [5, 5.41) is 3.94. The van der Waals surface area contributed by atoms with E-state index in [4.69, 9.17) is 0 Å². The number of carbonyl (C=O) groups is 1. The summed E-state index contributed by atoms with van der Waals surface area (Å²) in [6.45, 7) is -2.88. The summed E-state index contributed by atoms with van der Waals surface area (Å²) in [4.78, 5) is 11.9. The van der Waals surface area contributed by atoms with Crippen molar-refractivity contribution in [2.75, 3.05) is 0 Å². The lowest BCUT2D eigenvalue weighted by atomic mass is 10.0. The fourth-order valence-electron chi connectivity index (χ4n) is 1.68. The third-order valence-corrected chi connectivity index (χ3v) is 3.33. The molecule has 0 spiro atoms. The maximum atomic E-state index is 12.1. The molecule has 2 aromatic rings. The predicted molar refractivity (Wildman–Crippen MR) is 70.0 cm³/mol. The molecule has 19 heavy (non-hydrogen) atoms. The molecule has 0 saturated carbocycles. The third kappa shape index (κ3) is 4.13. The average molecular weight is 282 g/mol. The second kappa shape index (κ2) is 6.43. The molecule has 0 saturated heterocycles. The van der Waals surface area contributed by atoms with Gasteiger partial charge in [0.2, 0.25) is 0 Å². The van der Waals surface area contributed by atoms with Crippen LogP contribution in [-0.4, -0.2) is 12.4 Å². The molecule has 0 atom stereocenters. The summed E-state index contributed by atoms with van der Waals surface area (Å²) in [6, 6.07) is 7.86. The normalized spacial score (nSPS) is 10.7. The van der Waals surface area contributed by atoms with Crippen molar-refractivity contribution < 1.29 is 18.3 Å². The predicted octanol–water partition coefficient (Wildman–Crippen LogP) is 4.17. The van der Waals surface area contributed by atoms with E-state index in [1.54, 1.807) is 17.4 Å². The molecule has 0 radical (unpaired) electrons. The monoisotopic (exact) mass is 282 g/mol. The highest BCUT2D eigenvalue weighted by atomic mass is 32.1. The number of alkyl halides is 2. The minimum atomic E-state index is -2.88. The van der Waals surface area contributed by atoms with E-state index in [0.717, 1.165) is 5.56 Å². The van der Waals surface area contributed by atoms with Gasteiger partial charge >= 0.3 is 6.61 Å². The van der Waals surface area contributed by atoms with Crippen molar-refractivity contribution in [2.45, 2.75) is 19.5 Å². The van der Waals surface area contributed by atoms with Gasteiger partial charge in [0.05, 0.1) is 0 Å². The number of thiophene rings is 1. The van der Waals surface area contributed by atoms with E-state index in [1.807, 2.05) is 16.8 Å². The molecule has 1 heterocycles. The Morgan fingerprint density at radius 2 is 2.16 bits per heavy atom. The number of hydrogen-bond donors (Lipinski definition) is 0. The molecule has 2 nitrogen and oxygen atoms in total. The molecule has 0 bridgehead atoms. The highest BCUT2D eigenvalue weighted by Crippen LogP contribution is 2.18. The van der Waals surface area contributed by atoms with Crippen LogP contribution in [0.3, 0.4) is 0 Å². The molecule has 0 unspecified atom stereocenters. The first-order valence-corrected chi connectivity index (χ1v) is 6.68. The van der Waals surface area contributed by atoms with Gasteiger partial charge in [-0.25, -0.2) is 0 Å². The minimum absolute atomic E-state index is 0.0105. The van der Waals surface area contributed by atoms with Crippen molar-refractivity contribution in [3.05, 3.63) is 52.2 Å². The van der Waals surface area contributed by atoms with Gasteiger partial charge in [-0.05, 0) is 40.9 Å². The Morgan fingerprint density at radius 3 is 2.84 bits per heavy atom. The zero-order valence-electron chi connectivity index (χ0n) is 10.0. The van der Waals surface area contributed by atoms with Crippen molar-refractivity contribution in [1.82, 2.24) is 0 Å². The molecule has 1 aromatic carbocycles. The van der Waals surface area contributed by atoms with Gasteiger partial charge in [-0.3, -0.25) is 4.79 Å². The van der Waals surface area contributed by atoms with E-state index in [9.17, 15) is 13.6 Å². The van der Waals surface area contributed by atoms with E-state index in [-0.39, 0.29) is 11.5 Å². The molecule has 1 aromatic heterocycles. The summed E-state index contributed by atoms with van der Waals surface area (Å²) in [6.07, 6.45) is 1.01. The summed E-state index contributed by atoms with van der Waals surface area (Å²) in [5.74, 6) is -0.0673. The largest absolute Gasteiger partial charge is 0.435 e. The van der Waals surface area contributed by atoms with Crippen LogP contribution >= 0.6 is 11.3 Å². The first-order chi connectivity index (χ1) is 9.15. The Kier molecular flexibility index (Phi) is 4.63. The van der Waals surface area contributed by atoms with E-state index >= 15 is 0 Å². The lowest BCUT2D eigenvalue weighted by Crippen LogP contribution is -2.04. The highest BCUT2D eigenvalue weighted by molar-refractivity contribution is 7.07. The molecule has 2 rings (SSSR count). The van der Waals surface area contributed by atoms with Crippen LogP contribution in [0.2, 0.25) is 0 Å². The van der Waals surface area contributed by atoms with Crippen molar-refractivity contribution in [3.63, 3.8) is 0 Å². The number of rotatable bonds is 6. The number of Topliss-reactive ketones (excluding diaryl/α,β-unsaturated/α-hetero) is 1. The molecule has 0 fully saturated rings. The summed E-state index contributed by atoms with van der Waals surface area (Å²) < 4.78 is 28.4. The zero-order valence-corrected chi connectivity index (χ0v) is 10.8. The van der Waals surface area contributed by atoms with Gasteiger partial charge in [-0.1, -0.05) is 12.1 Å². The SMILES string of the molecule is O=C(CCc1ccsc1)c1cccc(OC(F)F)c1. The second-order valence-corrected chi connectivity index (χ2v) is 4.74. The van der Waals surface area contributed by atoms with Crippen molar-refractivity contribution in [2.24, 2.45) is 0 Å². The summed E-state index contributed by atoms with van der Waals surface area (Å²) >= 11 is 1.58. The zero-order chi connectivity index (χ0) is 13.7. The number of aryl methyl sites for hydroxylation is 1. The van der Waals surface area contributed by atoms with Crippen molar-refractivity contribution in [1.29, 1.82) is 0 Å². The van der Waals surface area contributed by atoms with Gasteiger partial charge in [-0.2, -0.15) is 20.1 Å². The first-order valence-electron chi connectivity index (χ1n) is 5.74. The fraction of sp³-hybridized carbons (Fsp3) is 0.214. The van der Waals surface area contributed by atoms with Gasteiger partial charge in [0.25, 0.3) is 0 Å². The Hall–Kier alpha value is -1.75. The molecular weight excluding hydrogens is 270 g/mol. The number of ether oxygens (including phenoxy) is 1. The summed E-state index contributed by atoms with van der Waals surface area (Å²) in [5.41, 5.74) is 1.51. The number of benzene rings is 1. The Labute approximate surface area is 113 Å². The smallest absolute Gasteiger partial charge is 0.387 e. The van der Waals surface area contributed by atoms with Crippen molar-refractivity contribution in [3.8, 4) is 5.75 Å². The molecule has 100 valence electrons. The molecular formula is C14H12F2O2S. The van der Waals surface area contributed by atoms with E-state index < -0.39 is 6.61 Å². The Bertz CT molecular complexity index is 538. The van der Waals surface area contributed by atoms with Crippen LogP contribution < -0.4 is 4.74 Å². The second-order valence-electron chi connectivity index (χ2n) is 3.96. The number of ketones is 1. The van der Waals surface area contributed by atoms with E-state index in [1.165, 1.54) is 18.2 Å². The molecule has 0 amide bonds. The number of hydrogen-bond acceptors (Lipinski definition) is 3. The molecule has 0 aliphatic heterocycles. The maximum absolute atomic E-state index is 12.1.